The van der Waals surface area contributed by atoms with Crippen molar-refractivity contribution in [2.24, 2.45) is 0 Å². The van der Waals surface area contributed by atoms with Gasteiger partial charge < -0.3 is 19.2 Å². The number of methoxy groups -OCH3 is 2. The molecule has 1 aromatic heterocycles. The summed E-state index contributed by atoms with van der Waals surface area (Å²) in [5, 5.41) is 3.05. The minimum atomic E-state index is -0.290. The Morgan fingerprint density at radius 1 is 1.04 bits per heavy atom. The summed E-state index contributed by atoms with van der Waals surface area (Å²) >= 11 is 0. The first-order valence-corrected chi connectivity index (χ1v) is 8.95. The molecule has 0 saturated heterocycles. The van der Waals surface area contributed by atoms with Gasteiger partial charge in [-0.15, -0.1) is 0 Å². The Morgan fingerprint density at radius 3 is 2.46 bits per heavy atom. The molecule has 2 aromatic carbocycles. The zero-order valence-electron chi connectivity index (χ0n) is 16.1. The second kappa shape index (κ2) is 8.95. The monoisotopic (exact) mass is 377 g/mol. The van der Waals surface area contributed by atoms with Crippen molar-refractivity contribution in [3.63, 3.8) is 0 Å². The largest absolute Gasteiger partial charge is 0.497 e. The quantitative estimate of drug-likeness (QED) is 0.606. The van der Waals surface area contributed by atoms with Crippen molar-refractivity contribution in [1.82, 2.24) is 5.32 Å². The van der Waals surface area contributed by atoms with Gasteiger partial charge in [-0.05, 0) is 48.9 Å². The maximum atomic E-state index is 13.1. The molecule has 5 heteroatoms. The molecule has 28 heavy (non-hydrogen) atoms. The predicted molar refractivity (Wildman–Crippen MR) is 109 cm³/mol. The van der Waals surface area contributed by atoms with Gasteiger partial charge in [-0.2, -0.15) is 0 Å². The maximum Gasteiger partial charge on any atom is 0.252 e. The lowest BCUT2D eigenvalue weighted by molar-refractivity contribution is -0.116. The van der Waals surface area contributed by atoms with Crippen LogP contribution < -0.4 is 14.8 Å². The summed E-state index contributed by atoms with van der Waals surface area (Å²) in [6, 6.07) is 18.3. The van der Waals surface area contributed by atoms with Crippen molar-refractivity contribution in [2.75, 3.05) is 14.2 Å². The number of nitrogens with one attached hydrogen (secondary N) is 1. The molecule has 0 spiro atoms. The van der Waals surface area contributed by atoms with Crippen molar-refractivity contribution < 1.29 is 18.7 Å². The van der Waals surface area contributed by atoms with Gasteiger partial charge in [-0.3, -0.25) is 4.79 Å². The van der Waals surface area contributed by atoms with E-state index in [0.717, 1.165) is 11.1 Å². The molecule has 0 bridgehead atoms. The third-order valence-corrected chi connectivity index (χ3v) is 4.41. The third-order valence-electron chi connectivity index (χ3n) is 4.41. The average Bonchev–Trinajstić information content (AvgIpc) is 3.25. The van der Waals surface area contributed by atoms with Crippen molar-refractivity contribution in [3.8, 4) is 11.5 Å². The van der Waals surface area contributed by atoms with Crippen LogP contribution in [0.5, 0.6) is 11.5 Å². The van der Waals surface area contributed by atoms with Gasteiger partial charge in [0, 0.05) is 5.56 Å². The summed E-state index contributed by atoms with van der Waals surface area (Å²) in [4.78, 5) is 13.1. The lowest BCUT2D eigenvalue weighted by atomic mass is 10.0. The van der Waals surface area contributed by atoms with E-state index in [0.29, 0.717) is 22.8 Å². The molecule has 1 amide bonds. The van der Waals surface area contributed by atoms with E-state index >= 15 is 0 Å². The van der Waals surface area contributed by atoms with Crippen LogP contribution >= 0.6 is 0 Å². The van der Waals surface area contributed by atoms with E-state index in [-0.39, 0.29) is 11.9 Å². The molecular weight excluding hydrogens is 354 g/mol. The molecule has 0 saturated carbocycles. The van der Waals surface area contributed by atoms with Gasteiger partial charge in [0.2, 0.25) is 0 Å². The van der Waals surface area contributed by atoms with Crippen LogP contribution in [-0.2, 0) is 4.79 Å². The first-order chi connectivity index (χ1) is 13.6. The van der Waals surface area contributed by atoms with Gasteiger partial charge in [0.05, 0.1) is 32.1 Å². The number of amides is 1. The Morgan fingerprint density at radius 2 is 1.82 bits per heavy atom. The summed E-state index contributed by atoms with van der Waals surface area (Å²) in [7, 11) is 3.21. The van der Waals surface area contributed by atoms with Crippen LogP contribution in [0.15, 0.2) is 71.3 Å². The molecule has 3 aromatic rings. The second-order valence-corrected chi connectivity index (χ2v) is 6.24. The Labute approximate surface area is 164 Å². The number of rotatable bonds is 7. The Kier molecular flexibility index (Phi) is 6.17. The van der Waals surface area contributed by atoms with E-state index in [9.17, 15) is 4.79 Å². The smallest absolute Gasteiger partial charge is 0.252 e. The molecule has 144 valence electrons. The molecule has 0 aliphatic carbocycles. The molecule has 1 heterocycles. The van der Waals surface area contributed by atoms with Gasteiger partial charge in [0.1, 0.15) is 17.3 Å². The first kappa shape index (κ1) is 19.3. The Hall–Kier alpha value is -3.47. The molecule has 1 atom stereocenters. The van der Waals surface area contributed by atoms with Crippen molar-refractivity contribution in [1.29, 1.82) is 0 Å². The van der Waals surface area contributed by atoms with E-state index in [2.05, 4.69) is 5.32 Å². The van der Waals surface area contributed by atoms with Gasteiger partial charge in [-0.25, -0.2) is 0 Å². The summed E-state index contributed by atoms with van der Waals surface area (Å²) in [6.45, 7) is 1.91. The number of ether oxygens (including phenoxy) is 2. The van der Waals surface area contributed by atoms with Crippen LogP contribution in [0, 0.1) is 0 Å². The minimum absolute atomic E-state index is 0.208. The number of carbonyl (C=O) groups is 1. The highest BCUT2D eigenvalue weighted by molar-refractivity contribution is 6.24. The van der Waals surface area contributed by atoms with Crippen LogP contribution in [0.3, 0.4) is 0 Å². The minimum Gasteiger partial charge on any atom is -0.497 e. The number of benzene rings is 2. The summed E-state index contributed by atoms with van der Waals surface area (Å²) < 4.78 is 16.1. The number of furan rings is 1. The maximum absolute atomic E-state index is 13.1. The van der Waals surface area contributed by atoms with E-state index in [4.69, 9.17) is 13.9 Å². The lowest BCUT2D eigenvalue weighted by Gasteiger charge is -2.19. The van der Waals surface area contributed by atoms with Gasteiger partial charge in [0.15, 0.2) is 0 Å². The fourth-order valence-electron chi connectivity index (χ4n) is 2.94. The van der Waals surface area contributed by atoms with E-state index < -0.39 is 0 Å². The van der Waals surface area contributed by atoms with Crippen molar-refractivity contribution in [3.05, 3.63) is 83.8 Å². The van der Waals surface area contributed by atoms with Crippen molar-refractivity contribution >= 4 is 17.6 Å². The van der Waals surface area contributed by atoms with Gasteiger partial charge in [-0.1, -0.05) is 30.3 Å². The zero-order valence-corrected chi connectivity index (χ0v) is 16.1. The summed E-state index contributed by atoms with van der Waals surface area (Å²) in [5.74, 6) is 1.79. The standard InChI is InChI=1S/C23H23NO4/c1-16(20-14-18(26-2)11-12-22(20)27-3)24-23(25)21(15-19-10-7-13-28-19)17-8-5-4-6-9-17/h4-16H,1-3H3,(H,24,25)/b21-15+/t16-/m0/s1. The van der Waals surface area contributed by atoms with E-state index in [1.54, 1.807) is 32.6 Å². The highest BCUT2D eigenvalue weighted by Crippen LogP contribution is 2.30. The molecule has 5 nitrogen and oxygen atoms in total. The van der Waals surface area contributed by atoms with E-state index in [1.807, 2.05) is 61.5 Å². The fraction of sp³-hybridized carbons (Fsp3) is 0.174. The normalized spacial score (nSPS) is 12.3. The fourth-order valence-corrected chi connectivity index (χ4v) is 2.94. The van der Waals surface area contributed by atoms with Crippen molar-refractivity contribution in [2.45, 2.75) is 13.0 Å². The van der Waals surface area contributed by atoms with Gasteiger partial charge in [0.25, 0.3) is 5.91 Å². The molecular formula is C23H23NO4. The molecule has 3 rings (SSSR count). The molecule has 0 unspecified atom stereocenters. The zero-order chi connectivity index (χ0) is 19.9. The predicted octanol–water partition coefficient (Wildman–Crippen LogP) is 4.71. The molecule has 0 aliphatic rings. The molecule has 0 radical (unpaired) electrons. The van der Waals surface area contributed by atoms with Crippen LogP contribution in [-0.4, -0.2) is 20.1 Å². The summed E-state index contributed by atoms with van der Waals surface area (Å²) in [5.41, 5.74) is 2.16. The second-order valence-electron chi connectivity index (χ2n) is 6.24. The molecule has 1 N–H and O–H groups in total. The molecule has 0 fully saturated rings. The Balaban J connectivity index is 1.90. The summed E-state index contributed by atoms with van der Waals surface area (Å²) in [6.07, 6.45) is 3.32. The number of hydrogen-bond donors (Lipinski definition) is 1. The molecule has 0 aliphatic heterocycles. The topological polar surface area (TPSA) is 60.7 Å². The van der Waals surface area contributed by atoms with Gasteiger partial charge >= 0.3 is 0 Å². The first-order valence-electron chi connectivity index (χ1n) is 8.95. The highest BCUT2D eigenvalue weighted by Gasteiger charge is 2.19. The van der Waals surface area contributed by atoms with Crippen LogP contribution in [0.1, 0.15) is 29.9 Å². The third kappa shape index (κ3) is 4.43. The van der Waals surface area contributed by atoms with Crippen LogP contribution in [0.2, 0.25) is 0 Å². The highest BCUT2D eigenvalue weighted by atomic mass is 16.5. The lowest BCUT2D eigenvalue weighted by Crippen LogP contribution is -2.27. The average molecular weight is 377 g/mol. The SMILES string of the molecule is COc1ccc(OC)c([C@H](C)NC(=O)/C(=C/c2ccco2)c2ccccc2)c1. The van der Waals surface area contributed by atoms with Crippen LogP contribution in [0.25, 0.3) is 11.6 Å². The Bertz CT molecular complexity index is 946. The number of hydrogen-bond acceptors (Lipinski definition) is 4. The van der Waals surface area contributed by atoms with E-state index in [1.165, 1.54) is 0 Å². The number of carbonyl (C=O) groups excluding carboxylic acids is 1. The van der Waals surface area contributed by atoms with Crippen LogP contribution in [0.4, 0.5) is 0 Å².